The SMILES string of the molecule is O=C(c1cnccn1)N1CCCC(c2nccnc2-c2ccc(F)cc2)C1. The topological polar surface area (TPSA) is 71.9 Å². The van der Waals surface area contributed by atoms with Crippen LogP contribution in [-0.2, 0) is 0 Å². The van der Waals surface area contributed by atoms with Gasteiger partial charge in [0.15, 0.2) is 0 Å². The summed E-state index contributed by atoms with van der Waals surface area (Å²) >= 11 is 0. The quantitative estimate of drug-likeness (QED) is 0.715. The predicted octanol–water partition coefficient (Wildman–Crippen LogP) is 3.09. The summed E-state index contributed by atoms with van der Waals surface area (Å²) in [5.41, 5.74) is 2.73. The van der Waals surface area contributed by atoms with E-state index in [2.05, 4.69) is 19.9 Å². The van der Waals surface area contributed by atoms with Gasteiger partial charge < -0.3 is 4.90 Å². The minimum absolute atomic E-state index is 0.0631. The zero-order valence-corrected chi connectivity index (χ0v) is 14.6. The van der Waals surface area contributed by atoms with Gasteiger partial charge in [-0.2, -0.15) is 0 Å². The number of likely N-dealkylation sites (tertiary alicyclic amines) is 1. The summed E-state index contributed by atoms with van der Waals surface area (Å²) in [7, 11) is 0. The first-order chi connectivity index (χ1) is 13.2. The normalized spacial score (nSPS) is 16.9. The van der Waals surface area contributed by atoms with Crippen LogP contribution in [0.5, 0.6) is 0 Å². The molecule has 136 valence electrons. The van der Waals surface area contributed by atoms with Crippen LogP contribution in [0, 0.1) is 5.82 Å². The molecule has 1 fully saturated rings. The Morgan fingerprint density at radius 2 is 1.81 bits per heavy atom. The van der Waals surface area contributed by atoms with E-state index in [1.165, 1.54) is 24.5 Å². The Morgan fingerprint density at radius 3 is 2.59 bits per heavy atom. The first-order valence-corrected chi connectivity index (χ1v) is 8.84. The molecule has 0 spiro atoms. The average molecular weight is 363 g/mol. The minimum Gasteiger partial charge on any atom is -0.337 e. The number of halogens is 1. The van der Waals surface area contributed by atoms with Gasteiger partial charge in [-0.3, -0.25) is 19.7 Å². The van der Waals surface area contributed by atoms with E-state index in [0.29, 0.717) is 18.8 Å². The Bertz CT molecular complexity index is 933. The molecule has 1 amide bonds. The second-order valence-corrected chi connectivity index (χ2v) is 6.48. The number of nitrogens with zero attached hydrogens (tertiary/aromatic N) is 5. The van der Waals surface area contributed by atoms with Crippen LogP contribution in [0.2, 0.25) is 0 Å². The number of amides is 1. The molecule has 3 aromatic rings. The summed E-state index contributed by atoms with van der Waals surface area (Å²) in [5, 5.41) is 0. The lowest BCUT2D eigenvalue weighted by Gasteiger charge is -2.32. The largest absolute Gasteiger partial charge is 0.337 e. The molecule has 27 heavy (non-hydrogen) atoms. The molecule has 3 heterocycles. The molecule has 1 aliphatic rings. The van der Waals surface area contributed by atoms with Crippen molar-refractivity contribution >= 4 is 5.91 Å². The van der Waals surface area contributed by atoms with E-state index in [0.717, 1.165) is 29.8 Å². The number of hydrogen-bond acceptors (Lipinski definition) is 5. The van der Waals surface area contributed by atoms with Crippen LogP contribution in [0.4, 0.5) is 4.39 Å². The Labute approximate surface area is 156 Å². The molecule has 0 saturated carbocycles. The molecule has 1 saturated heterocycles. The van der Waals surface area contributed by atoms with Gasteiger partial charge in [-0.25, -0.2) is 9.37 Å². The van der Waals surface area contributed by atoms with Gasteiger partial charge in [0, 0.05) is 49.4 Å². The highest BCUT2D eigenvalue weighted by molar-refractivity contribution is 5.92. The molecule has 0 N–H and O–H groups in total. The Hall–Kier alpha value is -3.22. The molecule has 0 aliphatic carbocycles. The zero-order chi connectivity index (χ0) is 18.6. The number of hydrogen-bond donors (Lipinski definition) is 0. The minimum atomic E-state index is -0.289. The van der Waals surface area contributed by atoms with E-state index in [1.54, 1.807) is 35.6 Å². The van der Waals surface area contributed by atoms with Gasteiger partial charge in [-0.05, 0) is 37.1 Å². The summed E-state index contributed by atoms with van der Waals surface area (Å²) < 4.78 is 13.3. The lowest BCUT2D eigenvalue weighted by molar-refractivity contribution is 0.0699. The summed E-state index contributed by atoms with van der Waals surface area (Å²) in [4.78, 5) is 31.6. The lowest BCUT2D eigenvalue weighted by Crippen LogP contribution is -2.39. The maximum atomic E-state index is 13.3. The number of carbonyl (C=O) groups is 1. The second-order valence-electron chi connectivity index (χ2n) is 6.48. The number of rotatable bonds is 3. The van der Waals surface area contributed by atoms with Crippen molar-refractivity contribution in [1.82, 2.24) is 24.8 Å². The molecule has 1 unspecified atom stereocenters. The smallest absolute Gasteiger partial charge is 0.274 e. The van der Waals surface area contributed by atoms with Gasteiger partial charge in [0.05, 0.1) is 17.6 Å². The molecule has 7 heteroatoms. The van der Waals surface area contributed by atoms with Crippen molar-refractivity contribution in [3.05, 3.63) is 72.5 Å². The molecule has 0 radical (unpaired) electrons. The Morgan fingerprint density at radius 1 is 1.04 bits per heavy atom. The Balaban J connectivity index is 1.60. The van der Waals surface area contributed by atoms with E-state index in [1.807, 2.05) is 0 Å². The molecule has 1 aliphatic heterocycles. The van der Waals surface area contributed by atoms with Crippen molar-refractivity contribution < 1.29 is 9.18 Å². The summed E-state index contributed by atoms with van der Waals surface area (Å²) in [5.74, 6) is -0.351. The third-order valence-corrected chi connectivity index (χ3v) is 4.72. The molecular formula is C20H18FN5O. The van der Waals surface area contributed by atoms with Crippen molar-refractivity contribution in [1.29, 1.82) is 0 Å². The fourth-order valence-electron chi connectivity index (χ4n) is 3.43. The standard InChI is InChI=1S/C20H18FN5O/c21-16-5-3-14(4-6-16)18-19(25-10-9-24-18)15-2-1-11-26(13-15)20(27)17-12-22-7-8-23-17/h3-10,12,15H,1-2,11,13H2. The van der Waals surface area contributed by atoms with Gasteiger partial charge in [0.2, 0.25) is 0 Å². The van der Waals surface area contributed by atoms with Crippen LogP contribution in [0.1, 0.15) is 34.9 Å². The van der Waals surface area contributed by atoms with E-state index < -0.39 is 0 Å². The molecule has 0 bridgehead atoms. The van der Waals surface area contributed by atoms with E-state index >= 15 is 0 Å². The van der Waals surface area contributed by atoms with Gasteiger partial charge in [-0.1, -0.05) is 0 Å². The zero-order valence-electron chi connectivity index (χ0n) is 14.6. The fraction of sp³-hybridized carbons (Fsp3) is 0.250. The van der Waals surface area contributed by atoms with E-state index in [9.17, 15) is 9.18 Å². The van der Waals surface area contributed by atoms with Gasteiger partial charge >= 0.3 is 0 Å². The van der Waals surface area contributed by atoms with Crippen molar-refractivity contribution in [2.75, 3.05) is 13.1 Å². The van der Waals surface area contributed by atoms with E-state index in [4.69, 9.17) is 0 Å². The fourth-order valence-corrected chi connectivity index (χ4v) is 3.43. The summed E-state index contributed by atoms with van der Waals surface area (Å²) in [6.07, 6.45) is 9.62. The first-order valence-electron chi connectivity index (χ1n) is 8.84. The molecule has 1 atom stereocenters. The summed E-state index contributed by atoms with van der Waals surface area (Å²) in [6, 6.07) is 6.24. The summed E-state index contributed by atoms with van der Waals surface area (Å²) in [6.45, 7) is 1.22. The molecule has 2 aromatic heterocycles. The lowest BCUT2D eigenvalue weighted by atomic mass is 9.91. The van der Waals surface area contributed by atoms with Crippen LogP contribution in [0.15, 0.2) is 55.2 Å². The number of piperidine rings is 1. The number of benzene rings is 1. The molecular weight excluding hydrogens is 345 g/mol. The van der Waals surface area contributed by atoms with E-state index in [-0.39, 0.29) is 17.6 Å². The highest BCUT2D eigenvalue weighted by Gasteiger charge is 2.29. The Kier molecular flexibility index (Phi) is 4.82. The van der Waals surface area contributed by atoms with Crippen molar-refractivity contribution in [2.45, 2.75) is 18.8 Å². The van der Waals surface area contributed by atoms with Crippen molar-refractivity contribution in [2.24, 2.45) is 0 Å². The monoisotopic (exact) mass is 363 g/mol. The van der Waals surface area contributed by atoms with Crippen LogP contribution in [-0.4, -0.2) is 43.8 Å². The van der Waals surface area contributed by atoms with Crippen molar-refractivity contribution in [3.8, 4) is 11.3 Å². The van der Waals surface area contributed by atoms with Gasteiger partial charge in [-0.15, -0.1) is 0 Å². The third-order valence-electron chi connectivity index (χ3n) is 4.72. The maximum absolute atomic E-state index is 13.3. The second kappa shape index (κ2) is 7.57. The molecule has 6 nitrogen and oxygen atoms in total. The van der Waals surface area contributed by atoms with Crippen LogP contribution >= 0.6 is 0 Å². The van der Waals surface area contributed by atoms with Crippen LogP contribution in [0.25, 0.3) is 11.3 Å². The highest BCUT2D eigenvalue weighted by atomic mass is 19.1. The van der Waals surface area contributed by atoms with Gasteiger partial charge in [0.1, 0.15) is 11.5 Å². The third kappa shape index (κ3) is 3.67. The number of carbonyl (C=O) groups excluding carboxylic acids is 1. The molecule has 1 aromatic carbocycles. The van der Waals surface area contributed by atoms with Crippen molar-refractivity contribution in [3.63, 3.8) is 0 Å². The number of aromatic nitrogens is 4. The first kappa shape index (κ1) is 17.2. The highest BCUT2D eigenvalue weighted by Crippen LogP contribution is 2.32. The van der Waals surface area contributed by atoms with Gasteiger partial charge in [0.25, 0.3) is 5.91 Å². The van der Waals surface area contributed by atoms with Crippen LogP contribution in [0.3, 0.4) is 0 Å². The maximum Gasteiger partial charge on any atom is 0.274 e. The average Bonchev–Trinajstić information content (AvgIpc) is 2.74. The predicted molar refractivity (Wildman–Crippen MR) is 97.3 cm³/mol. The molecule has 4 rings (SSSR count). The van der Waals surface area contributed by atoms with Crippen LogP contribution < -0.4 is 0 Å².